The third kappa shape index (κ3) is 3.33. The molecule has 3 N–H and O–H groups in total. The van der Waals surface area contributed by atoms with Crippen LogP contribution < -0.4 is 16.3 Å². The van der Waals surface area contributed by atoms with Gasteiger partial charge in [-0.3, -0.25) is 4.79 Å². The van der Waals surface area contributed by atoms with Crippen molar-refractivity contribution in [1.82, 2.24) is 19.7 Å². The van der Waals surface area contributed by atoms with E-state index in [0.717, 1.165) is 36.7 Å². The Bertz CT molecular complexity index is 993. The van der Waals surface area contributed by atoms with Crippen molar-refractivity contribution in [2.75, 3.05) is 18.0 Å². The molecule has 0 radical (unpaired) electrons. The lowest BCUT2D eigenvalue weighted by atomic mass is 9.97. The summed E-state index contributed by atoms with van der Waals surface area (Å²) in [5.41, 5.74) is 6.22. The van der Waals surface area contributed by atoms with E-state index in [4.69, 9.17) is 5.73 Å². The van der Waals surface area contributed by atoms with E-state index < -0.39 is 5.91 Å². The number of rotatable bonds is 4. The average Bonchev–Trinajstić information content (AvgIpc) is 3.10. The average molecular weight is 364 g/mol. The number of aromatic nitrogens is 4. The van der Waals surface area contributed by atoms with Crippen LogP contribution in [0.25, 0.3) is 5.69 Å². The first-order chi connectivity index (χ1) is 13.1. The van der Waals surface area contributed by atoms with Crippen LogP contribution in [0, 0.1) is 0 Å². The number of hydrogen-bond acceptors (Lipinski definition) is 5. The molecule has 3 aromatic rings. The molecule has 0 spiro atoms. The molecule has 1 fully saturated rings. The number of H-pyrrole nitrogens is 1. The first-order valence-corrected chi connectivity index (χ1v) is 8.87. The number of para-hydroxylation sites is 1. The molecule has 8 nitrogen and oxygen atoms in total. The van der Waals surface area contributed by atoms with Gasteiger partial charge in [0.25, 0.3) is 0 Å². The third-order valence-corrected chi connectivity index (χ3v) is 4.86. The molecule has 27 heavy (non-hydrogen) atoms. The summed E-state index contributed by atoms with van der Waals surface area (Å²) in [6, 6.07) is 13.0. The number of benzene rings is 1. The Balaban J connectivity index is 1.61. The van der Waals surface area contributed by atoms with E-state index in [-0.39, 0.29) is 11.6 Å². The van der Waals surface area contributed by atoms with Gasteiger partial charge in [-0.05, 0) is 37.1 Å². The van der Waals surface area contributed by atoms with Gasteiger partial charge in [0.1, 0.15) is 11.6 Å². The molecular weight excluding hydrogens is 344 g/mol. The summed E-state index contributed by atoms with van der Waals surface area (Å²) in [6.45, 7) is 1.56. The fraction of sp³-hybridized carbons (Fsp3) is 0.263. The van der Waals surface area contributed by atoms with Crippen LogP contribution in [0.5, 0.6) is 0 Å². The summed E-state index contributed by atoms with van der Waals surface area (Å²) in [5, 5.41) is 6.88. The summed E-state index contributed by atoms with van der Waals surface area (Å²) in [7, 11) is 0. The van der Waals surface area contributed by atoms with Crippen molar-refractivity contribution in [1.29, 1.82) is 0 Å². The standard InChI is InChI=1S/C19H20N6O2/c20-17(26)13-8-9-16(21-11-13)24-10-4-5-14(12-24)18-22-23-19(27)25(18)15-6-2-1-3-7-15/h1-3,6-9,11,14H,4-5,10,12H2,(H2,20,26)(H,23,27). The van der Waals surface area contributed by atoms with Crippen LogP contribution in [-0.2, 0) is 0 Å². The molecule has 2 aromatic heterocycles. The van der Waals surface area contributed by atoms with Crippen molar-refractivity contribution >= 4 is 11.7 Å². The van der Waals surface area contributed by atoms with E-state index in [1.54, 1.807) is 16.7 Å². The molecule has 1 aliphatic rings. The van der Waals surface area contributed by atoms with Crippen molar-refractivity contribution in [2.24, 2.45) is 5.73 Å². The minimum absolute atomic E-state index is 0.0931. The maximum absolute atomic E-state index is 12.3. The minimum atomic E-state index is -0.492. The van der Waals surface area contributed by atoms with Crippen LogP contribution in [0.1, 0.15) is 34.9 Å². The lowest BCUT2D eigenvalue weighted by molar-refractivity contribution is 0.1000. The Hall–Kier alpha value is -3.42. The minimum Gasteiger partial charge on any atom is -0.366 e. The zero-order valence-electron chi connectivity index (χ0n) is 14.7. The number of carbonyl (C=O) groups excluding carboxylic acids is 1. The van der Waals surface area contributed by atoms with Crippen molar-refractivity contribution < 1.29 is 4.79 Å². The number of carbonyl (C=O) groups is 1. The fourth-order valence-corrected chi connectivity index (χ4v) is 3.52. The van der Waals surface area contributed by atoms with Crippen LogP contribution in [0.3, 0.4) is 0 Å². The first-order valence-electron chi connectivity index (χ1n) is 8.87. The zero-order chi connectivity index (χ0) is 18.8. The number of anilines is 1. The second-order valence-electron chi connectivity index (χ2n) is 6.61. The number of nitrogens with two attached hydrogens (primary N) is 1. The van der Waals surface area contributed by atoms with Crippen LogP contribution >= 0.6 is 0 Å². The maximum Gasteiger partial charge on any atom is 0.347 e. The van der Waals surface area contributed by atoms with Gasteiger partial charge in [0, 0.05) is 25.2 Å². The number of nitrogens with zero attached hydrogens (tertiary/aromatic N) is 4. The Labute approximate surface area is 155 Å². The predicted octanol–water partition coefficient (Wildman–Crippen LogP) is 1.44. The maximum atomic E-state index is 12.3. The Kier molecular flexibility index (Phi) is 4.45. The van der Waals surface area contributed by atoms with E-state index >= 15 is 0 Å². The molecule has 0 bridgehead atoms. The second kappa shape index (κ2) is 7.06. The van der Waals surface area contributed by atoms with Crippen LogP contribution in [0.15, 0.2) is 53.5 Å². The molecule has 4 rings (SSSR count). The molecule has 1 saturated heterocycles. The Morgan fingerprint density at radius 1 is 1.19 bits per heavy atom. The highest BCUT2D eigenvalue weighted by atomic mass is 16.2. The normalized spacial score (nSPS) is 17.0. The van der Waals surface area contributed by atoms with E-state index in [1.165, 1.54) is 6.20 Å². The molecular formula is C19H20N6O2. The molecule has 1 aliphatic heterocycles. The third-order valence-electron chi connectivity index (χ3n) is 4.86. The van der Waals surface area contributed by atoms with Crippen molar-refractivity contribution in [3.8, 4) is 5.69 Å². The summed E-state index contributed by atoms with van der Waals surface area (Å²) in [5.74, 6) is 1.11. The number of pyridine rings is 1. The van der Waals surface area contributed by atoms with E-state index in [2.05, 4.69) is 20.1 Å². The predicted molar refractivity (Wildman–Crippen MR) is 101 cm³/mol. The molecule has 1 atom stereocenters. The second-order valence-corrected chi connectivity index (χ2v) is 6.61. The lowest BCUT2D eigenvalue weighted by Gasteiger charge is -2.33. The Morgan fingerprint density at radius 3 is 2.70 bits per heavy atom. The summed E-state index contributed by atoms with van der Waals surface area (Å²) in [4.78, 5) is 30.0. The summed E-state index contributed by atoms with van der Waals surface area (Å²) < 4.78 is 1.64. The van der Waals surface area contributed by atoms with E-state index in [1.807, 2.05) is 30.3 Å². The largest absolute Gasteiger partial charge is 0.366 e. The van der Waals surface area contributed by atoms with E-state index in [9.17, 15) is 9.59 Å². The van der Waals surface area contributed by atoms with E-state index in [0.29, 0.717) is 12.1 Å². The highest BCUT2D eigenvalue weighted by molar-refractivity contribution is 5.92. The summed E-state index contributed by atoms with van der Waals surface area (Å²) >= 11 is 0. The SMILES string of the molecule is NC(=O)c1ccc(N2CCCC(c3n[nH]c(=O)n3-c3ccccc3)C2)nc1. The van der Waals surface area contributed by atoms with Gasteiger partial charge in [0.15, 0.2) is 0 Å². The zero-order valence-corrected chi connectivity index (χ0v) is 14.7. The van der Waals surface area contributed by atoms with Crippen molar-refractivity contribution in [3.63, 3.8) is 0 Å². The molecule has 0 saturated carbocycles. The fourth-order valence-electron chi connectivity index (χ4n) is 3.52. The molecule has 1 aromatic carbocycles. The Morgan fingerprint density at radius 2 is 2.00 bits per heavy atom. The number of nitrogens with one attached hydrogen (secondary N) is 1. The van der Waals surface area contributed by atoms with Gasteiger partial charge in [0.05, 0.1) is 11.3 Å². The molecule has 1 unspecified atom stereocenters. The molecule has 138 valence electrons. The van der Waals surface area contributed by atoms with Gasteiger partial charge in [-0.25, -0.2) is 19.4 Å². The van der Waals surface area contributed by atoms with Gasteiger partial charge in [-0.1, -0.05) is 18.2 Å². The molecule has 1 amide bonds. The number of hydrogen-bond donors (Lipinski definition) is 2. The van der Waals surface area contributed by atoms with Gasteiger partial charge in [-0.2, -0.15) is 5.10 Å². The molecule has 8 heteroatoms. The molecule has 3 heterocycles. The smallest absolute Gasteiger partial charge is 0.347 e. The number of aromatic amines is 1. The van der Waals surface area contributed by atoms with Gasteiger partial charge in [-0.15, -0.1) is 0 Å². The van der Waals surface area contributed by atoms with Gasteiger partial charge in [0.2, 0.25) is 5.91 Å². The van der Waals surface area contributed by atoms with Crippen LogP contribution in [0.2, 0.25) is 0 Å². The van der Waals surface area contributed by atoms with Crippen molar-refractivity contribution in [2.45, 2.75) is 18.8 Å². The van der Waals surface area contributed by atoms with Gasteiger partial charge >= 0.3 is 5.69 Å². The topological polar surface area (TPSA) is 110 Å². The number of primary amides is 1. The van der Waals surface area contributed by atoms with Crippen LogP contribution in [-0.4, -0.2) is 38.7 Å². The summed E-state index contributed by atoms with van der Waals surface area (Å²) in [6.07, 6.45) is 3.39. The van der Waals surface area contributed by atoms with Crippen molar-refractivity contribution in [3.05, 3.63) is 70.5 Å². The van der Waals surface area contributed by atoms with Crippen LogP contribution in [0.4, 0.5) is 5.82 Å². The monoisotopic (exact) mass is 364 g/mol. The quantitative estimate of drug-likeness (QED) is 0.728. The first kappa shape index (κ1) is 17.0. The van der Waals surface area contributed by atoms with Gasteiger partial charge < -0.3 is 10.6 Å². The lowest BCUT2D eigenvalue weighted by Crippen LogP contribution is -2.36. The molecule has 0 aliphatic carbocycles. The number of piperidine rings is 1. The highest BCUT2D eigenvalue weighted by Crippen LogP contribution is 2.28. The number of amides is 1. The highest BCUT2D eigenvalue weighted by Gasteiger charge is 2.27.